The highest BCUT2D eigenvalue weighted by atomic mass is 32.2. The van der Waals surface area contributed by atoms with Crippen LogP contribution in [0.15, 0.2) is 29.4 Å². The fraction of sp³-hybridized carbons (Fsp3) is 0.500. The van der Waals surface area contributed by atoms with Gasteiger partial charge in [-0.1, -0.05) is 25.6 Å². The number of aromatic amines is 1. The predicted molar refractivity (Wildman–Crippen MR) is 102 cm³/mol. The Kier molecular flexibility index (Phi) is 8.43. The van der Waals surface area contributed by atoms with E-state index in [-0.39, 0.29) is 11.7 Å². The molecule has 2 N–H and O–H groups in total. The van der Waals surface area contributed by atoms with Crippen molar-refractivity contribution in [3.63, 3.8) is 0 Å². The zero-order chi connectivity index (χ0) is 18.8. The highest BCUT2D eigenvalue weighted by molar-refractivity contribution is 7.99. The number of benzene rings is 1. The second-order valence-electron chi connectivity index (χ2n) is 6.13. The van der Waals surface area contributed by atoms with Crippen LogP contribution >= 0.6 is 11.8 Å². The first-order valence-electron chi connectivity index (χ1n) is 8.62. The molecule has 0 saturated carbocycles. The lowest BCUT2D eigenvalue weighted by Gasteiger charge is -2.07. The summed E-state index contributed by atoms with van der Waals surface area (Å²) in [5.74, 6) is 2.29. The van der Waals surface area contributed by atoms with Crippen molar-refractivity contribution in [2.75, 3.05) is 32.6 Å². The molecule has 0 unspecified atom stereocenters. The van der Waals surface area contributed by atoms with Gasteiger partial charge in [-0.15, -0.1) is 5.10 Å². The Morgan fingerprint density at radius 2 is 2.04 bits per heavy atom. The molecule has 0 radical (unpaired) electrons. The van der Waals surface area contributed by atoms with Crippen LogP contribution in [0.4, 0.5) is 0 Å². The van der Waals surface area contributed by atoms with Crippen LogP contribution in [0.2, 0.25) is 0 Å². The molecule has 0 aliphatic carbocycles. The van der Waals surface area contributed by atoms with Crippen LogP contribution in [0.25, 0.3) is 11.4 Å². The molecule has 0 saturated heterocycles. The fourth-order valence-electron chi connectivity index (χ4n) is 2.05. The number of hydrogen-bond donors (Lipinski definition) is 2. The standard InChI is InChI=1S/C18H26N4O3S/c1-13(2)8-10-25-11-9-19-16(23)12-26-18-20-17(21-22-18)14-4-6-15(24-3)7-5-14/h4-7,13H,8-12H2,1-3H3,(H,19,23)(H,20,21,22). The van der Waals surface area contributed by atoms with Gasteiger partial charge < -0.3 is 14.8 Å². The Balaban J connectivity index is 1.67. The molecule has 0 aliphatic rings. The number of H-pyrrole nitrogens is 1. The van der Waals surface area contributed by atoms with E-state index in [4.69, 9.17) is 9.47 Å². The molecule has 2 rings (SSSR count). The van der Waals surface area contributed by atoms with Crippen molar-refractivity contribution in [3.05, 3.63) is 24.3 Å². The third-order valence-electron chi connectivity index (χ3n) is 3.57. The van der Waals surface area contributed by atoms with Crippen molar-refractivity contribution in [2.24, 2.45) is 5.92 Å². The molecule has 26 heavy (non-hydrogen) atoms. The van der Waals surface area contributed by atoms with Gasteiger partial charge in [0.05, 0.1) is 19.5 Å². The van der Waals surface area contributed by atoms with Gasteiger partial charge in [0.1, 0.15) is 5.75 Å². The summed E-state index contributed by atoms with van der Waals surface area (Å²) in [6.07, 6.45) is 1.03. The van der Waals surface area contributed by atoms with Gasteiger partial charge in [0.15, 0.2) is 5.82 Å². The molecule has 0 bridgehead atoms. The Hall–Kier alpha value is -2.06. The van der Waals surface area contributed by atoms with Crippen LogP contribution in [0, 0.1) is 5.92 Å². The lowest BCUT2D eigenvalue weighted by atomic mass is 10.1. The molecule has 2 aromatic rings. The van der Waals surface area contributed by atoms with Crippen LogP contribution in [0.5, 0.6) is 5.75 Å². The van der Waals surface area contributed by atoms with E-state index in [1.807, 2.05) is 24.3 Å². The van der Waals surface area contributed by atoms with Crippen molar-refractivity contribution in [2.45, 2.75) is 25.4 Å². The van der Waals surface area contributed by atoms with Crippen LogP contribution in [-0.2, 0) is 9.53 Å². The summed E-state index contributed by atoms with van der Waals surface area (Å²) in [7, 11) is 1.63. The Morgan fingerprint density at radius 3 is 2.73 bits per heavy atom. The van der Waals surface area contributed by atoms with E-state index in [1.54, 1.807) is 7.11 Å². The maximum atomic E-state index is 11.8. The zero-order valence-corrected chi connectivity index (χ0v) is 16.3. The second-order valence-corrected chi connectivity index (χ2v) is 7.07. The van der Waals surface area contributed by atoms with Gasteiger partial charge >= 0.3 is 0 Å². The average molecular weight is 378 g/mol. The normalized spacial score (nSPS) is 10.9. The second kappa shape index (κ2) is 10.8. The van der Waals surface area contributed by atoms with Crippen molar-refractivity contribution in [1.82, 2.24) is 20.5 Å². The van der Waals surface area contributed by atoms with Crippen LogP contribution in [0.3, 0.4) is 0 Å². The summed E-state index contributed by atoms with van der Waals surface area (Å²) in [5, 5.41) is 10.4. The largest absolute Gasteiger partial charge is 0.497 e. The maximum absolute atomic E-state index is 11.8. The van der Waals surface area contributed by atoms with Gasteiger partial charge in [-0.2, -0.15) is 0 Å². The summed E-state index contributed by atoms with van der Waals surface area (Å²) in [6, 6.07) is 7.53. The number of hydrogen-bond acceptors (Lipinski definition) is 6. The number of ether oxygens (including phenoxy) is 2. The lowest BCUT2D eigenvalue weighted by molar-refractivity contribution is -0.118. The van der Waals surface area contributed by atoms with Crippen molar-refractivity contribution < 1.29 is 14.3 Å². The number of carbonyl (C=O) groups excluding carboxylic acids is 1. The minimum atomic E-state index is -0.0572. The number of aromatic nitrogens is 3. The van der Waals surface area contributed by atoms with E-state index >= 15 is 0 Å². The molecule has 1 aromatic carbocycles. The lowest BCUT2D eigenvalue weighted by Crippen LogP contribution is -2.28. The Morgan fingerprint density at radius 1 is 1.27 bits per heavy atom. The number of carbonyl (C=O) groups is 1. The minimum Gasteiger partial charge on any atom is -0.497 e. The molecular weight excluding hydrogens is 352 g/mol. The van der Waals surface area contributed by atoms with E-state index in [1.165, 1.54) is 11.8 Å². The van der Waals surface area contributed by atoms with Crippen molar-refractivity contribution in [1.29, 1.82) is 0 Å². The summed E-state index contributed by atoms with van der Waals surface area (Å²) < 4.78 is 10.6. The van der Waals surface area contributed by atoms with E-state index in [9.17, 15) is 4.79 Å². The molecule has 0 aliphatic heterocycles. The molecule has 0 spiro atoms. The molecule has 1 aromatic heterocycles. The smallest absolute Gasteiger partial charge is 0.230 e. The molecular formula is C18H26N4O3S. The zero-order valence-electron chi connectivity index (χ0n) is 15.4. The molecule has 1 amide bonds. The number of methoxy groups -OCH3 is 1. The SMILES string of the molecule is COc1ccc(-c2nc(SCC(=O)NCCOCCC(C)C)n[nH]2)cc1. The van der Waals surface area contributed by atoms with E-state index in [2.05, 4.69) is 34.3 Å². The monoisotopic (exact) mass is 378 g/mol. The van der Waals surface area contributed by atoms with E-state index < -0.39 is 0 Å². The Labute approximate surface area is 158 Å². The van der Waals surface area contributed by atoms with Gasteiger partial charge in [0, 0.05) is 18.7 Å². The highest BCUT2D eigenvalue weighted by Crippen LogP contribution is 2.21. The molecule has 1 heterocycles. The van der Waals surface area contributed by atoms with Gasteiger partial charge in [0.2, 0.25) is 11.1 Å². The maximum Gasteiger partial charge on any atom is 0.230 e. The predicted octanol–water partition coefficient (Wildman–Crippen LogP) is 2.75. The quantitative estimate of drug-likeness (QED) is 0.462. The summed E-state index contributed by atoms with van der Waals surface area (Å²) >= 11 is 1.29. The molecule has 0 fully saturated rings. The molecule has 7 nitrogen and oxygen atoms in total. The number of rotatable bonds is 11. The topological polar surface area (TPSA) is 89.1 Å². The summed E-state index contributed by atoms with van der Waals surface area (Å²) in [6.45, 7) is 6.10. The number of thioether (sulfide) groups is 1. The van der Waals surface area contributed by atoms with Crippen LogP contribution < -0.4 is 10.1 Å². The average Bonchev–Trinajstić information content (AvgIpc) is 3.11. The van der Waals surface area contributed by atoms with E-state index in [0.717, 1.165) is 24.3 Å². The van der Waals surface area contributed by atoms with Gasteiger partial charge in [-0.25, -0.2) is 4.98 Å². The fourth-order valence-corrected chi connectivity index (χ4v) is 2.68. The first-order chi connectivity index (χ1) is 12.6. The molecule has 8 heteroatoms. The third-order valence-corrected chi connectivity index (χ3v) is 4.42. The van der Waals surface area contributed by atoms with Crippen LogP contribution in [-0.4, -0.2) is 53.7 Å². The van der Waals surface area contributed by atoms with Crippen molar-refractivity contribution in [3.8, 4) is 17.1 Å². The number of nitrogens with one attached hydrogen (secondary N) is 2. The summed E-state index contributed by atoms with van der Waals surface area (Å²) in [4.78, 5) is 16.2. The van der Waals surface area contributed by atoms with E-state index in [0.29, 0.717) is 30.1 Å². The molecule has 142 valence electrons. The first kappa shape index (κ1) is 20.3. The number of nitrogens with zero attached hydrogens (tertiary/aromatic N) is 2. The van der Waals surface area contributed by atoms with Gasteiger partial charge in [0.25, 0.3) is 0 Å². The molecule has 0 atom stereocenters. The first-order valence-corrected chi connectivity index (χ1v) is 9.61. The van der Waals surface area contributed by atoms with Crippen LogP contribution in [0.1, 0.15) is 20.3 Å². The summed E-state index contributed by atoms with van der Waals surface area (Å²) in [5.41, 5.74) is 0.910. The highest BCUT2D eigenvalue weighted by Gasteiger charge is 2.09. The number of amides is 1. The third kappa shape index (κ3) is 7.05. The van der Waals surface area contributed by atoms with Crippen molar-refractivity contribution >= 4 is 17.7 Å². The van der Waals surface area contributed by atoms with Gasteiger partial charge in [-0.05, 0) is 36.6 Å². The van der Waals surface area contributed by atoms with Gasteiger partial charge in [-0.3, -0.25) is 9.89 Å². The minimum absolute atomic E-state index is 0.0572. The Bertz CT molecular complexity index is 673.